The molecule has 0 aliphatic carbocycles. The van der Waals surface area contributed by atoms with Gasteiger partial charge in [0, 0.05) is 19.0 Å². The molecule has 0 radical (unpaired) electrons. The van der Waals surface area contributed by atoms with Crippen LogP contribution in [0.1, 0.15) is 31.9 Å². The maximum absolute atomic E-state index is 12.2. The van der Waals surface area contributed by atoms with Crippen LogP contribution in [0.15, 0.2) is 48.5 Å². The highest BCUT2D eigenvalue weighted by atomic mass is 32.2. The van der Waals surface area contributed by atoms with Crippen LogP contribution in [0.2, 0.25) is 0 Å². The molecule has 1 unspecified atom stereocenters. The topological polar surface area (TPSA) is 83.5 Å². The number of anilines is 1. The minimum atomic E-state index is -1.26. The molecule has 0 heterocycles. The molecule has 0 saturated heterocycles. The molecular formula is C27H37NO7S. The Bertz CT molecular complexity index is 969. The monoisotopic (exact) mass is 519 g/mol. The minimum Gasteiger partial charge on any atom is -0.491 e. The van der Waals surface area contributed by atoms with E-state index in [1.54, 1.807) is 7.05 Å². The van der Waals surface area contributed by atoms with Crippen molar-refractivity contribution in [3.05, 3.63) is 59.7 Å². The van der Waals surface area contributed by atoms with Gasteiger partial charge in [-0.1, -0.05) is 36.4 Å². The third kappa shape index (κ3) is 12.3. The van der Waals surface area contributed by atoms with Gasteiger partial charge in [-0.05, 0) is 56.2 Å². The number of carbonyl (C=O) groups is 1. The molecular weight excluding hydrogens is 482 g/mol. The summed E-state index contributed by atoms with van der Waals surface area (Å²) in [5, 5.41) is 0. The predicted octanol–water partition coefficient (Wildman–Crippen LogP) is 4.95. The van der Waals surface area contributed by atoms with Crippen LogP contribution < -0.4 is 9.64 Å². The van der Waals surface area contributed by atoms with Crippen molar-refractivity contribution in [1.82, 2.24) is 0 Å². The number of carbonyl (C=O) groups excluding carboxylic acids is 1. The molecule has 198 valence electrons. The average Bonchev–Trinajstić information content (AvgIpc) is 2.83. The molecule has 8 nitrogen and oxygen atoms in total. The molecule has 2 aromatic carbocycles. The molecule has 36 heavy (non-hydrogen) atoms. The van der Waals surface area contributed by atoms with Gasteiger partial charge in [0.1, 0.15) is 18.0 Å². The van der Waals surface area contributed by atoms with E-state index in [9.17, 15) is 9.00 Å². The van der Waals surface area contributed by atoms with Gasteiger partial charge in [-0.25, -0.2) is 9.00 Å². The molecule has 0 N–H and O–H groups in total. The molecule has 0 bridgehead atoms. The van der Waals surface area contributed by atoms with E-state index in [-0.39, 0.29) is 6.09 Å². The molecule has 0 saturated carbocycles. The molecule has 0 spiro atoms. The molecule has 2 aromatic rings. The van der Waals surface area contributed by atoms with Crippen molar-refractivity contribution < 1.29 is 32.1 Å². The van der Waals surface area contributed by atoms with Crippen molar-refractivity contribution in [2.75, 3.05) is 57.8 Å². The summed E-state index contributed by atoms with van der Waals surface area (Å²) in [6.07, 6.45) is 5.12. The SMILES string of the molecule is CN(C(=O)OC(C)(C)C)c1ccc(/C=C/c2ccc(OCCOCCOCCOS(C)=O)cc2)cc1. The molecule has 0 aliphatic heterocycles. The zero-order valence-electron chi connectivity index (χ0n) is 21.7. The summed E-state index contributed by atoms with van der Waals surface area (Å²) in [4.78, 5) is 13.7. The average molecular weight is 520 g/mol. The smallest absolute Gasteiger partial charge is 0.414 e. The third-order valence-electron chi connectivity index (χ3n) is 4.64. The van der Waals surface area contributed by atoms with Crippen LogP contribution in [0.3, 0.4) is 0 Å². The van der Waals surface area contributed by atoms with Gasteiger partial charge in [0.25, 0.3) is 0 Å². The maximum Gasteiger partial charge on any atom is 0.414 e. The van der Waals surface area contributed by atoms with Crippen molar-refractivity contribution in [3.63, 3.8) is 0 Å². The van der Waals surface area contributed by atoms with Gasteiger partial charge in [-0.2, -0.15) is 0 Å². The van der Waals surface area contributed by atoms with Crippen molar-refractivity contribution in [2.45, 2.75) is 26.4 Å². The van der Waals surface area contributed by atoms with Crippen LogP contribution in [0.5, 0.6) is 5.75 Å². The van der Waals surface area contributed by atoms with Gasteiger partial charge in [-0.15, -0.1) is 0 Å². The second kappa shape index (κ2) is 15.4. The number of hydrogen-bond acceptors (Lipinski definition) is 7. The zero-order valence-corrected chi connectivity index (χ0v) is 22.5. The fourth-order valence-corrected chi connectivity index (χ4v) is 3.17. The Morgan fingerprint density at radius 1 is 0.833 bits per heavy atom. The van der Waals surface area contributed by atoms with E-state index in [0.29, 0.717) is 39.6 Å². The molecule has 0 aliphatic rings. The molecule has 0 aromatic heterocycles. The van der Waals surface area contributed by atoms with E-state index in [1.807, 2.05) is 81.5 Å². The Morgan fingerprint density at radius 3 is 1.86 bits per heavy atom. The third-order valence-corrected chi connectivity index (χ3v) is 5.14. The van der Waals surface area contributed by atoms with Crippen LogP contribution in [0.25, 0.3) is 12.2 Å². The predicted molar refractivity (Wildman–Crippen MR) is 144 cm³/mol. The van der Waals surface area contributed by atoms with E-state index < -0.39 is 16.7 Å². The van der Waals surface area contributed by atoms with Crippen molar-refractivity contribution in [1.29, 1.82) is 0 Å². The van der Waals surface area contributed by atoms with Crippen molar-refractivity contribution >= 4 is 35.0 Å². The summed E-state index contributed by atoms with van der Waals surface area (Å²) >= 11 is -1.26. The van der Waals surface area contributed by atoms with Gasteiger partial charge in [0.2, 0.25) is 0 Å². The second-order valence-electron chi connectivity index (χ2n) is 8.83. The standard InChI is InChI=1S/C27H37NO7S/c1-27(2,3)35-26(29)28(4)24-12-8-22(9-13-24)6-7-23-10-14-25(15-11-23)33-20-18-31-16-17-32-19-21-34-36(5)30/h6-15H,16-21H2,1-5H3/b7-6+. The Hall–Kier alpha value is -2.72. The van der Waals surface area contributed by atoms with Gasteiger partial charge in [-0.3, -0.25) is 9.08 Å². The summed E-state index contributed by atoms with van der Waals surface area (Å²) in [5.74, 6) is 0.770. The van der Waals surface area contributed by atoms with Crippen molar-refractivity contribution in [3.8, 4) is 5.75 Å². The lowest BCUT2D eigenvalue weighted by atomic mass is 10.1. The number of ether oxygens (including phenoxy) is 4. The molecule has 1 atom stereocenters. The largest absolute Gasteiger partial charge is 0.491 e. The second-order valence-corrected chi connectivity index (χ2v) is 9.87. The highest BCUT2D eigenvalue weighted by Gasteiger charge is 2.20. The van der Waals surface area contributed by atoms with E-state index in [4.69, 9.17) is 23.1 Å². The first-order valence-corrected chi connectivity index (χ1v) is 13.2. The number of benzene rings is 2. The van der Waals surface area contributed by atoms with Crippen LogP contribution in [0, 0.1) is 0 Å². The van der Waals surface area contributed by atoms with Crippen LogP contribution in [-0.2, 0) is 29.5 Å². The van der Waals surface area contributed by atoms with Crippen molar-refractivity contribution in [2.24, 2.45) is 0 Å². The Balaban J connectivity index is 1.68. The van der Waals surface area contributed by atoms with E-state index in [1.165, 1.54) is 11.2 Å². The first-order chi connectivity index (χ1) is 17.1. The van der Waals surface area contributed by atoms with Gasteiger partial charge in [0.15, 0.2) is 11.1 Å². The summed E-state index contributed by atoms with van der Waals surface area (Å²) in [6, 6.07) is 15.5. The van der Waals surface area contributed by atoms with Crippen LogP contribution >= 0.6 is 0 Å². The van der Waals surface area contributed by atoms with E-state index in [2.05, 4.69) is 0 Å². The fraction of sp³-hybridized carbons (Fsp3) is 0.444. The highest BCUT2D eigenvalue weighted by molar-refractivity contribution is 7.79. The lowest BCUT2D eigenvalue weighted by Gasteiger charge is -2.24. The lowest BCUT2D eigenvalue weighted by Crippen LogP contribution is -2.34. The van der Waals surface area contributed by atoms with E-state index in [0.717, 1.165) is 22.6 Å². The van der Waals surface area contributed by atoms with Gasteiger partial charge < -0.3 is 18.9 Å². The number of rotatable bonds is 14. The molecule has 1 amide bonds. The minimum absolute atomic E-state index is 0.303. The summed E-state index contributed by atoms with van der Waals surface area (Å²) < 4.78 is 37.5. The van der Waals surface area contributed by atoms with Crippen LogP contribution in [0.4, 0.5) is 10.5 Å². The zero-order chi connectivity index (χ0) is 26.4. The fourth-order valence-electron chi connectivity index (χ4n) is 2.86. The van der Waals surface area contributed by atoms with Gasteiger partial charge in [0.05, 0.1) is 33.0 Å². The van der Waals surface area contributed by atoms with Crippen LogP contribution in [-0.4, -0.2) is 68.8 Å². The first kappa shape index (κ1) is 29.5. The first-order valence-electron chi connectivity index (χ1n) is 11.7. The number of hydrogen-bond donors (Lipinski definition) is 0. The normalized spacial score (nSPS) is 12.5. The molecule has 0 fully saturated rings. The lowest BCUT2D eigenvalue weighted by molar-refractivity contribution is 0.0286. The summed E-state index contributed by atoms with van der Waals surface area (Å²) in [7, 11) is 1.69. The highest BCUT2D eigenvalue weighted by Crippen LogP contribution is 2.19. The Kier molecular flexibility index (Phi) is 12.6. The quantitative estimate of drug-likeness (QED) is 0.258. The molecule has 9 heteroatoms. The number of nitrogens with zero attached hydrogens (tertiary/aromatic N) is 1. The Labute approximate surface area is 216 Å². The number of amides is 1. The maximum atomic E-state index is 12.2. The summed E-state index contributed by atoms with van der Waals surface area (Å²) in [5.41, 5.74) is 2.29. The van der Waals surface area contributed by atoms with Gasteiger partial charge >= 0.3 is 6.09 Å². The molecule has 2 rings (SSSR count). The van der Waals surface area contributed by atoms with E-state index >= 15 is 0 Å². The summed E-state index contributed by atoms with van der Waals surface area (Å²) in [6.45, 7) is 8.03. The Morgan fingerprint density at radius 2 is 1.33 bits per heavy atom.